The second kappa shape index (κ2) is 6.99. The van der Waals surface area contributed by atoms with Crippen LogP contribution in [0.5, 0.6) is 5.88 Å². The lowest BCUT2D eigenvalue weighted by Gasteiger charge is -2.10. The van der Waals surface area contributed by atoms with Gasteiger partial charge in [0.2, 0.25) is 5.88 Å². The summed E-state index contributed by atoms with van der Waals surface area (Å²) >= 11 is 0. The van der Waals surface area contributed by atoms with Gasteiger partial charge >= 0.3 is 5.97 Å². The Hall–Kier alpha value is -1.58. The fourth-order valence-electron chi connectivity index (χ4n) is 1.55. The van der Waals surface area contributed by atoms with Crippen LogP contribution in [0.1, 0.15) is 62.0 Å². The molecule has 0 spiro atoms. The van der Waals surface area contributed by atoms with Crippen LogP contribution in [0.15, 0.2) is 12.1 Å². The average molecular weight is 251 g/mol. The first kappa shape index (κ1) is 14.5. The van der Waals surface area contributed by atoms with Crippen molar-refractivity contribution in [2.45, 2.75) is 46.0 Å². The summed E-state index contributed by atoms with van der Waals surface area (Å²) in [6.07, 6.45) is 3.20. The fourth-order valence-corrected chi connectivity index (χ4v) is 1.55. The number of pyridine rings is 1. The van der Waals surface area contributed by atoms with Crippen molar-refractivity contribution >= 4 is 5.97 Å². The largest absolute Gasteiger partial charge is 0.478 e. The van der Waals surface area contributed by atoms with E-state index in [1.165, 1.54) is 6.07 Å². The van der Waals surface area contributed by atoms with Crippen molar-refractivity contribution in [2.24, 2.45) is 0 Å². The van der Waals surface area contributed by atoms with Gasteiger partial charge in [-0.3, -0.25) is 0 Å². The van der Waals surface area contributed by atoms with Crippen LogP contribution in [-0.2, 0) is 0 Å². The van der Waals surface area contributed by atoms with Gasteiger partial charge in [-0.25, -0.2) is 9.78 Å². The molecular formula is C14H21NO3. The van der Waals surface area contributed by atoms with Gasteiger partial charge < -0.3 is 9.84 Å². The lowest BCUT2D eigenvalue weighted by Crippen LogP contribution is -2.05. The molecular weight excluding hydrogens is 230 g/mol. The predicted octanol–water partition coefficient (Wildman–Crippen LogP) is 3.47. The van der Waals surface area contributed by atoms with Gasteiger partial charge in [0.15, 0.2) is 0 Å². The van der Waals surface area contributed by atoms with E-state index in [9.17, 15) is 4.79 Å². The number of aromatic carboxylic acids is 1. The van der Waals surface area contributed by atoms with Crippen molar-refractivity contribution in [2.75, 3.05) is 6.61 Å². The van der Waals surface area contributed by atoms with Gasteiger partial charge in [0, 0.05) is 11.8 Å². The molecule has 0 saturated carbocycles. The number of nitrogens with zero attached hydrogens (tertiary/aromatic N) is 1. The van der Waals surface area contributed by atoms with Gasteiger partial charge in [-0.15, -0.1) is 0 Å². The van der Waals surface area contributed by atoms with Crippen LogP contribution in [0.25, 0.3) is 0 Å². The van der Waals surface area contributed by atoms with E-state index in [0.29, 0.717) is 12.5 Å². The summed E-state index contributed by atoms with van der Waals surface area (Å²) in [4.78, 5) is 15.3. The first-order valence-corrected chi connectivity index (χ1v) is 6.42. The molecule has 0 aliphatic carbocycles. The van der Waals surface area contributed by atoms with Crippen molar-refractivity contribution in [3.63, 3.8) is 0 Å². The van der Waals surface area contributed by atoms with Crippen LogP contribution in [-0.4, -0.2) is 22.7 Å². The van der Waals surface area contributed by atoms with Crippen LogP contribution in [0.3, 0.4) is 0 Å². The number of carboxylic acid groups (broad SMARTS) is 1. The van der Waals surface area contributed by atoms with Crippen LogP contribution in [0.2, 0.25) is 0 Å². The average Bonchev–Trinajstić information content (AvgIpc) is 2.34. The Morgan fingerprint density at radius 2 is 2.11 bits per heavy atom. The highest BCUT2D eigenvalue weighted by Crippen LogP contribution is 2.19. The topological polar surface area (TPSA) is 59.4 Å². The van der Waals surface area contributed by atoms with Gasteiger partial charge in [-0.1, -0.05) is 33.6 Å². The quantitative estimate of drug-likeness (QED) is 0.754. The van der Waals surface area contributed by atoms with E-state index in [1.54, 1.807) is 6.07 Å². The standard InChI is InChI=1S/C14H21NO3/c1-4-5-6-7-18-13-9-11(14(16)17)8-12(15-13)10(2)3/h8-10H,4-7H2,1-3H3,(H,16,17). The molecule has 1 heterocycles. The summed E-state index contributed by atoms with van der Waals surface area (Å²) in [6.45, 7) is 6.67. The van der Waals surface area contributed by atoms with E-state index >= 15 is 0 Å². The monoisotopic (exact) mass is 251 g/mol. The molecule has 1 N–H and O–H groups in total. The zero-order valence-corrected chi connectivity index (χ0v) is 11.3. The fraction of sp³-hybridized carbons (Fsp3) is 0.571. The lowest BCUT2D eigenvalue weighted by atomic mass is 10.1. The predicted molar refractivity (Wildman–Crippen MR) is 70.3 cm³/mol. The summed E-state index contributed by atoms with van der Waals surface area (Å²) in [5.74, 6) is -0.352. The van der Waals surface area contributed by atoms with Gasteiger partial charge in [0.25, 0.3) is 0 Å². The Labute approximate surface area is 108 Å². The van der Waals surface area contributed by atoms with E-state index in [0.717, 1.165) is 25.0 Å². The summed E-state index contributed by atoms with van der Waals surface area (Å²) in [5.41, 5.74) is 0.986. The third kappa shape index (κ3) is 4.35. The Morgan fingerprint density at radius 3 is 2.67 bits per heavy atom. The molecule has 18 heavy (non-hydrogen) atoms. The van der Waals surface area contributed by atoms with Crippen molar-refractivity contribution in [3.8, 4) is 5.88 Å². The molecule has 0 fully saturated rings. The number of aromatic nitrogens is 1. The van der Waals surface area contributed by atoms with Gasteiger partial charge in [-0.05, 0) is 18.4 Å². The van der Waals surface area contributed by atoms with Crippen molar-refractivity contribution < 1.29 is 14.6 Å². The van der Waals surface area contributed by atoms with E-state index in [4.69, 9.17) is 9.84 Å². The number of rotatable bonds is 7. The molecule has 0 amide bonds. The Bertz CT molecular complexity index is 402. The molecule has 1 rings (SSSR count). The molecule has 0 aliphatic rings. The van der Waals surface area contributed by atoms with Crippen molar-refractivity contribution in [3.05, 3.63) is 23.4 Å². The Balaban J connectivity index is 2.79. The maximum atomic E-state index is 11.0. The number of unbranched alkanes of at least 4 members (excludes halogenated alkanes) is 2. The zero-order chi connectivity index (χ0) is 13.5. The van der Waals surface area contributed by atoms with Crippen molar-refractivity contribution in [1.82, 2.24) is 4.98 Å². The molecule has 1 aromatic rings. The lowest BCUT2D eigenvalue weighted by molar-refractivity contribution is 0.0696. The maximum Gasteiger partial charge on any atom is 0.335 e. The summed E-state index contributed by atoms with van der Waals surface area (Å²) in [6, 6.07) is 3.09. The minimum Gasteiger partial charge on any atom is -0.478 e. The molecule has 0 saturated heterocycles. The smallest absolute Gasteiger partial charge is 0.335 e. The summed E-state index contributed by atoms with van der Waals surface area (Å²) in [5, 5.41) is 9.04. The zero-order valence-electron chi connectivity index (χ0n) is 11.3. The molecule has 4 heteroatoms. The van der Waals surface area contributed by atoms with Gasteiger partial charge in [0.05, 0.1) is 12.2 Å². The number of ether oxygens (including phenoxy) is 1. The van der Waals surface area contributed by atoms with E-state index < -0.39 is 5.97 Å². The second-order valence-corrected chi connectivity index (χ2v) is 4.63. The first-order chi connectivity index (χ1) is 8.54. The highest BCUT2D eigenvalue weighted by Gasteiger charge is 2.11. The number of hydrogen-bond donors (Lipinski definition) is 1. The molecule has 0 aromatic carbocycles. The normalized spacial score (nSPS) is 10.7. The Morgan fingerprint density at radius 1 is 1.39 bits per heavy atom. The minimum atomic E-state index is -0.947. The molecule has 0 unspecified atom stereocenters. The second-order valence-electron chi connectivity index (χ2n) is 4.63. The third-order valence-electron chi connectivity index (χ3n) is 2.66. The Kier molecular flexibility index (Phi) is 5.62. The maximum absolute atomic E-state index is 11.0. The van der Waals surface area contributed by atoms with E-state index in [-0.39, 0.29) is 11.5 Å². The molecule has 0 bridgehead atoms. The number of carbonyl (C=O) groups is 1. The van der Waals surface area contributed by atoms with Gasteiger partial charge in [0.1, 0.15) is 0 Å². The molecule has 0 aliphatic heterocycles. The molecule has 100 valence electrons. The first-order valence-electron chi connectivity index (χ1n) is 6.42. The molecule has 4 nitrogen and oxygen atoms in total. The highest BCUT2D eigenvalue weighted by atomic mass is 16.5. The summed E-state index contributed by atoms with van der Waals surface area (Å²) < 4.78 is 5.52. The van der Waals surface area contributed by atoms with E-state index in [1.807, 2.05) is 13.8 Å². The molecule has 0 atom stereocenters. The number of hydrogen-bond acceptors (Lipinski definition) is 3. The van der Waals surface area contributed by atoms with Gasteiger partial charge in [-0.2, -0.15) is 0 Å². The van der Waals surface area contributed by atoms with E-state index in [2.05, 4.69) is 11.9 Å². The SMILES string of the molecule is CCCCCOc1cc(C(=O)O)cc(C(C)C)n1. The third-order valence-corrected chi connectivity index (χ3v) is 2.66. The van der Waals surface area contributed by atoms with Crippen LogP contribution < -0.4 is 4.74 Å². The highest BCUT2D eigenvalue weighted by molar-refractivity contribution is 5.88. The molecule has 1 aromatic heterocycles. The van der Waals surface area contributed by atoms with Crippen molar-refractivity contribution in [1.29, 1.82) is 0 Å². The van der Waals surface area contributed by atoms with Crippen LogP contribution in [0.4, 0.5) is 0 Å². The van der Waals surface area contributed by atoms with Crippen LogP contribution >= 0.6 is 0 Å². The molecule has 0 radical (unpaired) electrons. The minimum absolute atomic E-state index is 0.183. The summed E-state index contributed by atoms with van der Waals surface area (Å²) in [7, 11) is 0. The number of carboxylic acids is 1. The van der Waals surface area contributed by atoms with Crippen LogP contribution in [0, 0.1) is 0 Å².